The molecule has 2 heterocycles. The zero-order chi connectivity index (χ0) is 19.2. The van der Waals surface area contributed by atoms with Gasteiger partial charge in [0.15, 0.2) is 0 Å². The predicted molar refractivity (Wildman–Crippen MR) is 101 cm³/mol. The average molecular weight is 369 g/mol. The van der Waals surface area contributed by atoms with Crippen LogP contribution in [-0.2, 0) is 16.1 Å². The standard InChI is InChI=1S/C20H23N3O4/c1-3-27-17-7-5-4-6-16(17)23-13-15(11-19(23)24)20(25)22-12-14-8-9-21-18(10-14)26-2/h4-10,15H,3,11-13H2,1-2H3,(H,22,25). The minimum absolute atomic E-state index is 0.0760. The number of hydrogen-bond acceptors (Lipinski definition) is 5. The van der Waals surface area contributed by atoms with E-state index in [0.29, 0.717) is 37.0 Å². The number of carbonyl (C=O) groups is 2. The third kappa shape index (κ3) is 4.36. The fraction of sp³-hybridized carbons (Fsp3) is 0.350. The van der Waals surface area contributed by atoms with E-state index in [0.717, 1.165) is 5.56 Å². The smallest absolute Gasteiger partial charge is 0.227 e. The first-order chi connectivity index (χ1) is 13.1. The highest BCUT2D eigenvalue weighted by atomic mass is 16.5. The lowest BCUT2D eigenvalue weighted by Crippen LogP contribution is -2.32. The molecule has 1 saturated heterocycles. The van der Waals surface area contributed by atoms with Crippen LogP contribution in [0.2, 0.25) is 0 Å². The summed E-state index contributed by atoms with van der Waals surface area (Å²) in [6.45, 7) is 3.11. The third-order valence-corrected chi connectivity index (χ3v) is 4.43. The summed E-state index contributed by atoms with van der Waals surface area (Å²) < 4.78 is 10.7. The number of methoxy groups -OCH3 is 1. The van der Waals surface area contributed by atoms with Crippen molar-refractivity contribution in [2.75, 3.05) is 25.2 Å². The molecule has 7 nitrogen and oxygen atoms in total. The molecule has 3 rings (SSSR count). The Morgan fingerprint density at radius 3 is 2.93 bits per heavy atom. The maximum absolute atomic E-state index is 12.5. The normalized spacial score (nSPS) is 16.3. The van der Waals surface area contributed by atoms with Crippen molar-refractivity contribution < 1.29 is 19.1 Å². The van der Waals surface area contributed by atoms with Gasteiger partial charge in [0.1, 0.15) is 5.75 Å². The summed E-state index contributed by atoms with van der Waals surface area (Å²) in [6, 6.07) is 11.0. The molecule has 1 atom stereocenters. The quantitative estimate of drug-likeness (QED) is 0.809. The van der Waals surface area contributed by atoms with E-state index in [9.17, 15) is 9.59 Å². The van der Waals surface area contributed by atoms with Gasteiger partial charge in [-0.3, -0.25) is 9.59 Å². The molecule has 0 radical (unpaired) electrons. The molecule has 0 bridgehead atoms. The van der Waals surface area contributed by atoms with E-state index in [2.05, 4.69) is 10.3 Å². The molecule has 0 saturated carbocycles. The number of anilines is 1. The van der Waals surface area contributed by atoms with E-state index in [1.165, 1.54) is 0 Å². The number of amides is 2. The van der Waals surface area contributed by atoms with Gasteiger partial charge >= 0.3 is 0 Å². The largest absolute Gasteiger partial charge is 0.492 e. The van der Waals surface area contributed by atoms with Gasteiger partial charge in [0, 0.05) is 31.8 Å². The minimum Gasteiger partial charge on any atom is -0.492 e. The molecular formula is C20H23N3O4. The third-order valence-electron chi connectivity index (χ3n) is 4.43. The molecule has 1 aromatic heterocycles. The van der Waals surface area contributed by atoms with Crippen molar-refractivity contribution in [1.82, 2.24) is 10.3 Å². The lowest BCUT2D eigenvalue weighted by Gasteiger charge is -2.20. The molecule has 0 aliphatic carbocycles. The van der Waals surface area contributed by atoms with Crippen LogP contribution in [0.4, 0.5) is 5.69 Å². The van der Waals surface area contributed by atoms with Gasteiger partial charge in [-0.15, -0.1) is 0 Å². The van der Waals surface area contributed by atoms with Crippen molar-refractivity contribution in [1.29, 1.82) is 0 Å². The summed E-state index contributed by atoms with van der Waals surface area (Å²) in [7, 11) is 1.55. The van der Waals surface area contributed by atoms with Gasteiger partial charge in [-0.05, 0) is 30.7 Å². The zero-order valence-corrected chi connectivity index (χ0v) is 15.5. The average Bonchev–Trinajstić information content (AvgIpc) is 3.08. The number of hydrogen-bond donors (Lipinski definition) is 1. The molecule has 1 unspecified atom stereocenters. The Morgan fingerprint density at radius 2 is 2.15 bits per heavy atom. The van der Waals surface area contributed by atoms with E-state index in [1.54, 1.807) is 24.3 Å². The summed E-state index contributed by atoms with van der Waals surface area (Å²) in [6.07, 6.45) is 1.82. The van der Waals surface area contributed by atoms with E-state index < -0.39 is 5.92 Å². The van der Waals surface area contributed by atoms with Gasteiger partial charge in [0.05, 0.1) is 25.3 Å². The highest BCUT2D eigenvalue weighted by Crippen LogP contribution is 2.33. The molecule has 2 aromatic rings. The summed E-state index contributed by atoms with van der Waals surface area (Å²) in [5.41, 5.74) is 1.59. The van der Waals surface area contributed by atoms with Crippen molar-refractivity contribution in [3.05, 3.63) is 48.2 Å². The summed E-state index contributed by atoms with van der Waals surface area (Å²) in [5.74, 6) is 0.536. The van der Waals surface area contributed by atoms with Crippen LogP contribution in [0.5, 0.6) is 11.6 Å². The van der Waals surface area contributed by atoms with Crippen LogP contribution in [0.1, 0.15) is 18.9 Å². The number of aromatic nitrogens is 1. The fourth-order valence-corrected chi connectivity index (χ4v) is 3.08. The monoisotopic (exact) mass is 369 g/mol. The molecule has 1 aromatic carbocycles. The second kappa shape index (κ2) is 8.53. The second-order valence-electron chi connectivity index (χ2n) is 6.23. The van der Waals surface area contributed by atoms with Crippen LogP contribution in [0.15, 0.2) is 42.6 Å². The summed E-state index contributed by atoms with van der Waals surface area (Å²) in [4.78, 5) is 30.7. The van der Waals surface area contributed by atoms with Crippen molar-refractivity contribution in [2.45, 2.75) is 19.9 Å². The first kappa shape index (κ1) is 18.7. The number of ether oxygens (including phenoxy) is 2. The van der Waals surface area contributed by atoms with Crippen molar-refractivity contribution in [3.63, 3.8) is 0 Å². The highest BCUT2D eigenvalue weighted by molar-refractivity contribution is 6.01. The Morgan fingerprint density at radius 1 is 1.33 bits per heavy atom. The molecule has 7 heteroatoms. The molecule has 1 aliphatic rings. The van der Waals surface area contributed by atoms with E-state index in [1.807, 2.05) is 37.3 Å². The number of nitrogens with zero attached hydrogens (tertiary/aromatic N) is 2. The predicted octanol–water partition coefficient (Wildman–Crippen LogP) is 2.16. The molecule has 1 aliphatic heterocycles. The van der Waals surface area contributed by atoms with Gasteiger partial charge in [-0.2, -0.15) is 0 Å². The zero-order valence-electron chi connectivity index (χ0n) is 15.5. The first-order valence-electron chi connectivity index (χ1n) is 8.91. The first-order valence-corrected chi connectivity index (χ1v) is 8.91. The number of para-hydroxylation sites is 2. The molecule has 1 fully saturated rings. The van der Waals surface area contributed by atoms with E-state index in [4.69, 9.17) is 9.47 Å². The van der Waals surface area contributed by atoms with Gasteiger partial charge < -0.3 is 19.7 Å². The van der Waals surface area contributed by atoms with Crippen molar-refractivity contribution >= 4 is 17.5 Å². The number of benzene rings is 1. The van der Waals surface area contributed by atoms with Gasteiger partial charge in [-0.25, -0.2) is 4.98 Å². The fourth-order valence-electron chi connectivity index (χ4n) is 3.08. The molecule has 142 valence electrons. The lowest BCUT2D eigenvalue weighted by atomic mass is 10.1. The minimum atomic E-state index is -0.393. The molecular weight excluding hydrogens is 346 g/mol. The highest BCUT2D eigenvalue weighted by Gasteiger charge is 2.36. The Labute approximate surface area is 158 Å². The number of rotatable bonds is 7. The van der Waals surface area contributed by atoms with Crippen LogP contribution in [0, 0.1) is 5.92 Å². The topological polar surface area (TPSA) is 80.8 Å². The molecule has 0 spiro atoms. The van der Waals surface area contributed by atoms with Crippen LogP contribution in [0.25, 0.3) is 0 Å². The van der Waals surface area contributed by atoms with E-state index in [-0.39, 0.29) is 18.2 Å². The van der Waals surface area contributed by atoms with Gasteiger partial charge in [-0.1, -0.05) is 12.1 Å². The Hall–Kier alpha value is -3.09. The maximum atomic E-state index is 12.5. The van der Waals surface area contributed by atoms with Gasteiger partial charge in [0.2, 0.25) is 17.7 Å². The second-order valence-corrected chi connectivity index (χ2v) is 6.23. The van der Waals surface area contributed by atoms with Crippen LogP contribution in [0.3, 0.4) is 0 Å². The van der Waals surface area contributed by atoms with Gasteiger partial charge in [0.25, 0.3) is 0 Å². The number of pyridine rings is 1. The molecule has 1 N–H and O–H groups in total. The van der Waals surface area contributed by atoms with Crippen LogP contribution in [-0.4, -0.2) is 37.1 Å². The number of nitrogens with one attached hydrogen (secondary N) is 1. The Balaban J connectivity index is 1.64. The molecule has 2 amide bonds. The number of carbonyl (C=O) groups excluding carboxylic acids is 2. The molecule has 27 heavy (non-hydrogen) atoms. The SMILES string of the molecule is CCOc1ccccc1N1CC(C(=O)NCc2ccnc(OC)c2)CC1=O. The summed E-state index contributed by atoms with van der Waals surface area (Å²) in [5, 5.41) is 2.89. The van der Waals surface area contributed by atoms with Crippen LogP contribution >= 0.6 is 0 Å². The van der Waals surface area contributed by atoms with Crippen molar-refractivity contribution in [3.8, 4) is 11.6 Å². The van der Waals surface area contributed by atoms with E-state index >= 15 is 0 Å². The van der Waals surface area contributed by atoms with Crippen LogP contribution < -0.4 is 19.7 Å². The Bertz CT molecular complexity index is 824. The van der Waals surface area contributed by atoms with Crippen molar-refractivity contribution in [2.24, 2.45) is 5.92 Å². The summed E-state index contributed by atoms with van der Waals surface area (Å²) >= 11 is 0. The Kier molecular flexibility index (Phi) is 5.90. The lowest BCUT2D eigenvalue weighted by molar-refractivity contribution is -0.126. The maximum Gasteiger partial charge on any atom is 0.227 e.